The highest BCUT2D eigenvalue weighted by Crippen LogP contribution is 2.24. The number of nitrogens with one attached hydrogen (secondary N) is 1. The number of methoxy groups -OCH3 is 1. The minimum atomic E-state index is -0.962. The van der Waals surface area contributed by atoms with Crippen molar-refractivity contribution in [3.63, 3.8) is 0 Å². The van der Waals surface area contributed by atoms with Gasteiger partial charge in [0.1, 0.15) is 0 Å². The maximum absolute atomic E-state index is 13.2. The number of aliphatic hydroxyl groups is 1. The number of hydrogen-bond donors (Lipinski definition) is 2. The van der Waals surface area contributed by atoms with Gasteiger partial charge < -0.3 is 15.2 Å². The third-order valence-corrected chi connectivity index (χ3v) is 2.75. The summed E-state index contributed by atoms with van der Waals surface area (Å²) in [5.41, 5.74) is -0.342. The Morgan fingerprint density at radius 1 is 1.58 bits per heavy atom. The lowest BCUT2D eigenvalue weighted by molar-refractivity contribution is -0.387. The van der Waals surface area contributed by atoms with Gasteiger partial charge in [0.05, 0.1) is 17.6 Å². The van der Waals surface area contributed by atoms with E-state index < -0.39 is 22.5 Å². The van der Waals surface area contributed by atoms with Crippen LogP contribution in [0.3, 0.4) is 0 Å². The molecule has 0 radical (unpaired) electrons. The van der Waals surface area contributed by atoms with Crippen LogP contribution in [0.5, 0.6) is 0 Å². The van der Waals surface area contributed by atoms with Gasteiger partial charge in [-0.15, -0.1) is 0 Å². The summed E-state index contributed by atoms with van der Waals surface area (Å²) >= 11 is 0. The average Bonchev–Trinajstić information content (AvgIpc) is 2.38. The molecule has 0 heterocycles. The SMILES string of the molecule is COCCNC(C)C(O)c1ccc(F)c([N+](=O)[O-])c1. The molecule has 19 heavy (non-hydrogen) atoms. The molecule has 1 aromatic carbocycles. The molecule has 106 valence electrons. The van der Waals surface area contributed by atoms with Gasteiger partial charge in [0.15, 0.2) is 0 Å². The molecule has 0 aliphatic carbocycles. The number of rotatable bonds is 7. The van der Waals surface area contributed by atoms with Crippen molar-refractivity contribution in [3.8, 4) is 0 Å². The van der Waals surface area contributed by atoms with Gasteiger partial charge in [-0.3, -0.25) is 10.1 Å². The number of nitro groups is 1. The average molecular weight is 272 g/mol. The minimum absolute atomic E-state index is 0.297. The van der Waals surface area contributed by atoms with Crippen LogP contribution in [0.1, 0.15) is 18.6 Å². The molecule has 0 saturated carbocycles. The van der Waals surface area contributed by atoms with Crippen molar-refractivity contribution in [1.82, 2.24) is 5.32 Å². The van der Waals surface area contributed by atoms with Gasteiger partial charge in [-0.2, -0.15) is 4.39 Å². The maximum atomic E-state index is 13.2. The lowest BCUT2D eigenvalue weighted by Crippen LogP contribution is -2.34. The Morgan fingerprint density at radius 2 is 2.26 bits per heavy atom. The van der Waals surface area contributed by atoms with E-state index in [0.717, 1.165) is 12.1 Å². The highest BCUT2D eigenvalue weighted by atomic mass is 19.1. The molecule has 0 aliphatic rings. The van der Waals surface area contributed by atoms with E-state index in [1.54, 1.807) is 14.0 Å². The summed E-state index contributed by atoms with van der Waals surface area (Å²) < 4.78 is 18.0. The highest BCUT2D eigenvalue weighted by Gasteiger charge is 2.21. The Labute approximate surface area is 110 Å². The van der Waals surface area contributed by atoms with Crippen LogP contribution in [0.2, 0.25) is 0 Å². The van der Waals surface area contributed by atoms with Crippen molar-refractivity contribution in [2.24, 2.45) is 0 Å². The third kappa shape index (κ3) is 4.23. The van der Waals surface area contributed by atoms with Gasteiger partial charge in [0, 0.05) is 25.8 Å². The summed E-state index contributed by atoms with van der Waals surface area (Å²) in [7, 11) is 1.56. The van der Waals surface area contributed by atoms with Crippen molar-refractivity contribution in [2.75, 3.05) is 20.3 Å². The summed E-state index contributed by atoms with van der Waals surface area (Å²) in [6.45, 7) is 2.76. The van der Waals surface area contributed by atoms with E-state index in [2.05, 4.69) is 5.32 Å². The fourth-order valence-electron chi connectivity index (χ4n) is 1.64. The molecule has 1 aromatic rings. The zero-order valence-corrected chi connectivity index (χ0v) is 10.8. The second kappa shape index (κ2) is 7.13. The van der Waals surface area contributed by atoms with Gasteiger partial charge in [-0.25, -0.2) is 0 Å². The normalized spacial score (nSPS) is 14.1. The first-order chi connectivity index (χ1) is 8.97. The molecule has 6 nitrogen and oxygen atoms in total. The lowest BCUT2D eigenvalue weighted by atomic mass is 10.0. The summed E-state index contributed by atoms with van der Waals surface area (Å²) in [5, 5.41) is 23.7. The summed E-state index contributed by atoms with van der Waals surface area (Å²) in [6.07, 6.45) is -0.962. The molecular weight excluding hydrogens is 255 g/mol. The monoisotopic (exact) mass is 272 g/mol. The molecule has 0 aliphatic heterocycles. The lowest BCUT2D eigenvalue weighted by Gasteiger charge is -2.20. The fourth-order valence-corrected chi connectivity index (χ4v) is 1.64. The smallest absolute Gasteiger partial charge is 0.305 e. The molecule has 0 saturated heterocycles. The number of aliphatic hydroxyl groups excluding tert-OH is 1. The molecule has 0 amide bonds. The number of hydrogen-bond acceptors (Lipinski definition) is 5. The molecule has 0 fully saturated rings. The molecule has 2 N–H and O–H groups in total. The van der Waals surface area contributed by atoms with Gasteiger partial charge in [0.25, 0.3) is 0 Å². The number of nitro benzene ring substituents is 1. The molecule has 0 spiro atoms. The van der Waals surface area contributed by atoms with E-state index in [0.29, 0.717) is 18.7 Å². The predicted octanol–water partition coefficient (Wildman–Crippen LogP) is 1.39. The Kier molecular flexibility index (Phi) is 5.81. The van der Waals surface area contributed by atoms with Crippen LogP contribution >= 0.6 is 0 Å². The van der Waals surface area contributed by atoms with Crippen LogP contribution in [0.25, 0.3) is 0 Å². The van der Waals surface area contributed by atoms with Crippen LogP contribution in [-0.4, -0.2) is 36.3 Å². The first-order valence-corrected chi connectivity index (χ1v) is 5.81. The second-order valence-corrected chi connectivity index (χ2v) is 4.15. The van der Waals surface area contributed by atoms with E-state index in [1.165, 1.54) is 6.07 Å². The van der Waals surface area contributed by atoms with Crippen LogP contribution in [-0.2, 0) is 4.74 Å². The van der Waals surface area contributed by atoms with Crippen molar-refractivity contribution in [1.29, 1.82) is 0 Å². The van der Waals surface area contributed by atoms with E-state index >= 15 is 0 Å². The van der Waals surface area contributed by atoms with Gasteiger partial charge in [-0.05, 0) is 18.6 Å². The number of ether oxygens (including phenoxy) is 1. The third-order valence-electron chi connectivity index (χ3n) is 2.75. The number of benzene rings is 1. The first-order valence-electron chi connectivity index (χ1n) is 5.81. The highest BCUT2D eigenvalue weighted by molar-refractivity contribution is 5.37. The van der Waals surface area contributed by atoms with E-state index in [9.17, 15) is 19.6 Å². The Balaban J connectivity index is 2.78. The van der Waals surface area contributed by atoms with Crippen molar-refractivity contribution < 1.29 is 19.2 Å². The molecule has 2 unspecified atom stereocenters. The Bertz CT molecular complexity index is 442. The molecule has 2 atom stereocenters. The van der Waals surface area contributed by atoms with Crippen LogP contribution in [0, 0.1) is 15.9 Å². The van der Waals surface area contributed by atoms with Gasteiger partial charge >= 0.3 is 5.69 Å². The first kappa shape index (κ1) is 15.5. The molecule has 0 aromatic heterocycles. The zero-order chi connectivity index (χ0) is 14.4. The van der Waals surface area contributed by atoms with Gasteiger partial charge in [0.2, 0.25) is 5.82 Å². The molecule has 7 heteroatoms. The molecular formula is C12H17FN2O4. The van der Waals surface area contributed by atoms with Crippen LogP contribution < -0.4 is 5.32 Å². The Hall–Kier alpha value is -1.57. The number of nitrogens with zero attached hydrogens (tertiary/aromatic N) is 1. The van der Waals surface area contributed by atoms with Crippen LogP contribution in [0.15, 0.2) is 18.2 Å². The predicted molar refractivity (Wildman–Crippen MR) is 67.4 cm³/mol. The van der Waals surface area contributed by atoms with E-state index in [4.69, 9.17) is 4.74 Å². The second-order valence-electron chi connectivity index (χ2n) is 4.15. The quantitative estimate of drug-likeness (QED) is 0.445. The zero-order valence-electron chi connectivity index (χ0n) is 10.8. The summed E-state index contributed by atoms with van der Waals surface area (Å²) in [5.74, 6) is -0.916. The van der Waals surface area contributed by atoms with Crippen molar-refractivity contribution >= 4 is 5.69 Å². The fraction of sp³-hybridized carbons (Fsp3) is 0.500. The van der Waals surface area contributed by atoms with Crippen LogP contribution in [0.4, 0.5) is 10.1 Å². The summed E-state index contributed by atoms with van der Waals surface area (Å²) in [6, 6.07) is 3.04. The Morgan fingerprint density at radius 3 is 2.84 bits per heavy atom. The van der Waals surface area contributed by atoms with Crippen molar-refractivity contribution in [2.45, 2.75) is 19.1 Å². The standard InChI is InChI=1S/C12H17FN2O4/c1-8(14-5-6-19-2)12(16)9-3-4-10(13)11(7-9)15(17)18/h3-4,7-8,12,14,16H,5-6H2,1-2H3. The maximum Gasteiger partial charge on any atom is 0.305 e. The molecule has 1 rings (SSSR count). The largest absolute Gasteiger partial charge is 0.387 e. The minimum Gasteiger partial charge on any atom is -0.387 e. The van der Waals surface area contributed by atoms with E-state index in [1.807, 2.05) is 0 Å². The summed E-state index contributed by atoms with van der Waals surface area (Å²) in [4.78, 5) is 9.82. The van der Waals surface area contributed by atoms with Gasteiger partial charge in [-0.1, -0.05) is 6.07 Å². The van der Waals surface area contributed by atoms with E-state index in [-0.39, 0.29) is 6.04 Å². The van der Waals surface area contributed by atoms with Crippen molar-refractivity contribution in [3.05, 3.63) is 39.7 Å². The molecule has 0 bridgehead atoms. The number of halogens is 1. The topological polar surface area (TPSA) is 84.6 Å².